The van der Waals surface area contributed by atoms with Gasteiger partial charge >= 0.3 is 6.09 Å². The van der Waals surface area contributed by atoms with Gasteiger partial charge in [0.25, 0.3) is 0 Å². The average Bonchev–Trinajstić information content (AvgIpc) is 3.25. The fourth-order valence-corrected chi connectivity index (χ4v) is 5.13. The molecule has 8 nitrogen and oxygen atoms in total. The summed E-state index contributed by atoms with van der Waals surface area (Å²) in [5.74, 6) is 2.27. The van der Waals surface area contributed by atoms with Crippen molar-refractivity contribution in [3.05, 3.63) is 102 Å². The number of nitrogens with zero attached hydrogens (tertiary/aromatic N) is 4. The van der Waals surface area contributed by atoms with Gasteiger partial charge in [-0.05, 0) is 79.4 Å². The Bertz CT molecular complexity index is 1550. The summed E-state index contributed by atoms with van der Waals surface area (Å²) in [5, 5.41) is 11.8. The van der Waals surface area contributed by atoms with Crippen LogP contribution in [0.25, 0.3) is 11.1 Å². The van der Waals surface area contributed by atoms with E-state index < -0.39 is 6.09 Å². The first-order chi connectivity index (χ1) is 20.5. The van der Waals surface area contributed by atoms with E-state index in [9.17, 15) is 4.79 Å². The van der Waals surface area contributed by atoms with Gasteiger partial charge in [-0.15, -0.1) is 0 Å². The van der Waals surface area contributed by atoms with E-state index in [1.54, 1.807) is 24.4 Å². The number of amides is 1. The van der Waals surface area contributed by atoms with Gasteiger partial charge in [0.05, 0.1) is 30.1 Å². The quantitative estimate of drug-likeness (QED) is 0.258. The number of hydrogen-bond donors (Lipinski definition) is 1. The molecule has 5 rings (SSSR count). The second kappa shape index (κ2) is 13.7. The zero-order valence-corrected chi connectivity index (χ0v) is 24.0. The van der Waals surface area contributed by atoms with Crippen LogP contribution in [0.4, 0.5) is 16.3 Å². The van der Waals surface area contributed by atoms with Gasteiger partial charge in [-0.25, -0.2) is 9.78 Å². The summed E-state index contributed by atoms with van der Waals surface area (Å²) in [6.45, 7) is 9.24. The van der Waals surface area contributed by atoms with Crippen molar-refractivity contribution in [1.82, 2.24) is 9.88 Å². The Balaban J connectivity index is 1.16. The summed E-state index contributed by atoms with van der Waals surface area (Å²) >= 11 is 0. The number of aromatic nitrogens is 1. The maximum absolute atomic E-state index is 12.7. The van der Waals surface area contributed by atoms with E-state index in [0.29, 0.717) is 23.6 Å². The number of ether oxygens (including phenoxy) is 2. The van der Waals surface area contributed by atoms with Gasteiger partial charge in [0.2, 0.25) is 0 Å². The van der Waals surface area contributed by atoms with Gasteiger partial charge in [-0.2, -0.15) is 5.26 Å². The molecule has 0 spiro atoms. The molecule has 1 N–H and O–H groups in total. The fourth-order valence-electron chi connectivity index (χ4n) is 5.13. The maximum atomic E-state index is 12.7. The number of hydrogen-bond acceptors (Lipinski definition) is 7. The second-order valence-electron chi connectivity index (χ2n) is 10.2. The molecule has 4 aromatic rings. The van der Waals surface area contributed by atoms with Crippen LogP contribution in [0.15, 0.2) is 85.1 Å². The fraction of sp³-hybridized carbons (Fsp3) is 0.265. The summed E-state index contributed by atoms with van der Waals surface area (Å²) in [5.41, 5.74) is 5.30. The number of aryl methyl sites for hydroxylation is 1. The van der Waals surface area contributed by atoms with Crippen LogP contribution in [0.5, 0.6) is 11.5 Å². The number of para-hydroxylation sites is 1. The van der Waals surface area contributed by atoms with E-state index in [1.807, 2.05) is 62.4 Å². The third-order valence-corrected chi connectivity index (χ3v) is 7.32. The lowest BCUT2D eigenvalue weighted by molar-refractivity contribution is 0.215. The first-order valence-corrected chi connectivity index (χ1v) is 14.3. The number of carbonyl (C=O) groups is 1. The van der Waals surface area contributed by atoms with Crippen LogP contribution in [-0.4, -0.2) is 48.8 Å². The molecule has 1 aliphatic rings. The Labute approximate surface area is 247 Å². The first-order valence-electron chi connectivity index (χ1n) is 14.3. The number of rotatable bonds is 8. The molecule has 1 fully saturated rings. The van der Waals surface area contributed by atoms with Crippen molar-refractivity contribution in [2.75, 3.05) is 43.0 Å². The van der Waals surface area contributed by atoms with Crippen molar-refractivity contribution >= 4 is 17.6 Å². The Kier molecular flexibility index (Phi) is 9.32. The number of nitriles is 1. The Morgan fingerprint density at radius 2 is 1.83 bits per heavy atom. The minimum absolute atomic E-state index is 0.431. The average molecular weight is 562 g/mol. The highest BCUT2D eigenvalue weighted by molar-refractivity contribution is 5.86. The highest BCUT2D eigenvalue weighted by Gasteiger charge is 2.18. The lowest BCUT2D eigenvalue weighted by Gasteiger charge is -2.23. The number of pyridine rings is 1. The maximum Gasteiger partial charge on any atom is 0.417 e. The SMILES string of the molecule is CCOc1ccccc1CN1CCCN(c2ccc(NC(=O)Oc3ccc(C)c(-c4ccc(C#N)cc4)c3)cn2)CC1. The molecule has 8 heteroatoms. The molecular formula is C34H35N5O3. The topological polar surface area (TPSA) is 90.7 Å². The monoisotopic (exact) mass is 561 g/mol. The number of anilines is 2. The van der Waals surface area contributed by atoms with Crippen molar-refractivity contribution in [2.24, 2.45) is 0 Å². The van der Waals surface area contributed by atoms with E-state index in [1.165, 1.54) is 5.56 Å². The third-order valence-electron chi connectivity index (χ3n) is 7.32. The highest BCUT2D eigenvalue weighted by atomic mass is 16.6. The minimum atomic E-state index is -0.586. The molecule has 42 heavy (non-hydrogen) atoms. The van der Waals surface area contributed by atoms with E-state index in [4.69, 9.17) is 14.7 Å². The number of carbonyl (C=O) groups excluding carboxylic acids is 1. The normalized spacial score (nSPS) is 13.6. The smallest absolute Gasteiger partial charge is 0.417 e. The highest BCUT2D eigenvalue weighted by Crippen LogP contribution is 2.28. The molecular weight excluding hydrogens is 526 g/mol. The predicted octanol–water partition coefficient (Wildman–Crippen LogP) is 6.65. The van der Waals surface area contributed by atoms with Crippen LogP contribution in [-0.2, 0) is 6.54 Å². The van der Waals surface area contributed by atoms with Crippen molar-refractivity contribution in [2.45, 2.75) is 26.8 Å². The number of nitrogens with one attached hydrogen (secondary N) is 1. The van der Waals surface area contributed by atoms with Crippen molar-refractivity contribution < 1.29 is 14.3 Å². The van der Waals surface area contributed by atoms with Crippen molar-refractivity contribution in [3.8, 4) is 28.7 Å². The predicted molar refractivity (Wildman–Crippen MR) is 165 cm³/mol. The van der Waals surface area contributed by atoms with Crippen molar-refractivity contribution in [1.29, 1.82) is 5.26 Å². The molecule has 0 saturated carbocycles. The molecule has 1 aliphatic heterocycles. The lowest BCUT2D eigenvalue weighted by Crippen LogP contribution is -2.31. The Hall–Kier alpha value is -4.87. The summed E-state index contributed by atoms with van der Waals surface area (Å²) < 4.78 is 11.4. The molecule has 2 heterocycles. The minimum Gasteiger partial charge on any atom is -0.494 e. The van der Waals surface area contributed by atoms with Crippen LogP contribution < -0.4 is 19.7 Å². The summed E-state index contributed by atoms with van der Waals surface area (Å²) in [6.07, 6.45) is 2.11. The van der Waals surface area contributed by atoms with Gasteiger partial charge in [-0.3, -0.25) is 10.2 Å². The van der Waals surface area contributed by atoms with E-state index in [2.05, 4.69) is 38.3 Å². The van der Waals surface area contributed by atoms with Gasteiger partial charge in [0, 0.05) is 38.3 Å². The van der Waals surface area contributed by atoms with Crippen LogP contribution in [0, 0.1) is 18.3 Å². The molecule has 0 radical (unpaired) electrons. The molecule has 1 saturated heterocycles. The molecule has 214 valence electrons. The van der Waals surface area contributed by atoms with Gasteiger partial charge < -0.3 is 14.4 Å². The Morgan fingerprint density at radius 3 is 2.60 bits per heavy atom. The van der Waals surface area contributed by atoms with Gasteiger partial charge in [0.1, 0.15) is 17.3 Å². The van der Waals surface area contributed by atoms with Gasteiger partial charge in [-0.1, -0.05) is 36.4 Å². The summed E-state index contributed by atoms with van der Waals surface area (Å²) in [6, 6.07) is 27.0. The molecule has 3 aromatic carbocycles. The molecule has 0 aliphatic carbocycles. The van der Waals surface area contributed by atoms with E-state index >= 15 is 0 Å². The lowest BCUT2D eigenvalue weighted by atomic mass is 9.99. The van der Waals surface area contributed by atoms with Crippen molar-refractivity contribution in [3.63, 3.8) is 0 Å². The van der Waals surface area contributed by atoms with Crippen LogP contribution in [0.2, 0.25) is 0 Å². The molecule has 1 aromatic heterocycles. The number of benzene rings is 3. The molecule has 0 unspecified atom stereocenters. The Morgan fingerprint density at radius 1 is 1.00 bits per heavy atom. The molecule has 1 amide bonds. The standard InChI is InChI=1S/C34H35N5O3/c1-3-41-32-8-5-4-7-28(32)24-38-17-6-18-39(20-19-38)33-16-14-29(23-36-33)37-34(40)42-30-15-9-25(2)31(21-30)27-12-10-26(22-35)11-13-27/h4-5,7-16,21,23H,3,6,17-20,24H2,1-2H3,(H,37,40). The molecule has 0 atom stereocenters. The van der Waals surface area contributed by atoms with Crippen LogP contribution >= 0.6 is 0 Å². The van der Waals surface area contributed by atoms with Crippen LogP contribution in [0.1, 0.15) is 30.0 Å². The zero-order chi connectivity index (χ0) is 29.3. The van der Waals surface area contributed by atoms with Crippen LogP contribution in [0.3, 0.4) is 0 Å². The summed E-state index contributed by atoms with van der Waals surface area (Å²) in [7, 11) is 0. The van der Waals surface area contributed by atoms with E-state index in [0.717, 1.165) is 67.4 Å². The van der Waals surface area contributed by atoms with E-state index in [-0.39, 0.29) is 0 Å². The van der Waals surface area contributed by atoms with Gasteiger partial charge in [0.15, 0.2) is 0 Å². The summed E-state index contributed by atoms with van der Waals surface area (Å²) in [4.78, 5) is 22.0. The second-order valence-corrected chi connectivity index (χ2v) is 10.2. The largest absolute Gasteiger partial charge is 0.494 e. The third kappa shape index (κ3) is 7.25. The first kappa shape index (κ1) is 28.7. The molecule has 0 bridgehead atoms. The zero-order valence-electron chi connectivity index (χ0n) is 24.0.